The lowest BCUT2D eigenvalue weighted by atomic mass is 10.2. The van der Waals surface area contributed by atoms with Gasteiger partial charge in [-0.05, 0) is 35.9 Å². The van der Waals surface area contributed by atoms with Crippen molar-refractivity contribution in [2.45, 2.75) is 13.1 Å². The van der Waals surface area contributed by atoms with Gasteiger partial charge in [-0.15, -0.1) is 0 Å². The first-order valence-corrected chi connectivity index (χ1v) is 10.0. The van der Waals surface area contributed by atoms with Crippen molar-refractivity contribution in [3.63, 3.8) is 0 Å². The van der Waals surface area contributed by atoms with Crippen LogP contribution in [0.15, 0.2) is 93.3 Å². The lowest BCUT2D eigenvalue weighted by Crippen LogP contribution is -2.40. The Morgan fingerprint density at radius 3 is 2.42 bits per heavy atom. The molecule has 0 saturated carbocycles. The van der Waals surface area contributed by atoms with E-state index in [2.05, 4.69) is 4.98 Å². The van der Waals surface area contributed by atoms with Gasteiger partial charge in [-0.2, -0.15) is 0 Å². The summed E-state index contributed by atoms with van der Waals surface area (Å²) in [4.78, 5) is 31.2. The summed E-state index contributed by atoms with van der Waals surface area (Å²) < 4.78 is 9.71. The molecule has 2 aromatic carbocycles. The molecule has 0 radical (unpaired) electrons. The molecule has 154 valence electrons. The van der Waals surface area contributed by atoms with Crippen LogP contribution in [0.5, 0.6) is 0 Å². The standard InChI is InChI=1S/C23H17ClN4O3/c24-19-11-5-4-7-16(19)13-26-15-25-21-20(26)22(29)27(14-18-10-6-12-31-18)23(30)28(21)17-8-2-1-3-9-17/h1-12,15H,13-14H2. The van der Waals surface area contributed by atoms with Crippen LogP contribution in [-0.4, -0.2) is 18.7 Å². The molecule has 7 nitrogen and oxygen atoms in total. The summed E-state index contributed by atoms with van der Waals surface area (Å²) >= 11 is 6.33. The molecule has 3 heterocycles. The number of hydrogen-bond acceptors (Lipinski definition) is 4. The maximum atomic E-state index is 13.4. The highest BCUT2D eigenvalue weighted by molar-refractivity contribution is 6.31. The molecular weight excluding hydrogens is 416 g/mol. The second kappa shape index (κ2) is 7.77. The fourth-order valence-electron chi connectivity index (χ4n) is 3.62. The summed E-state index contributed by atoms with van der Waals surface area (Å²) in [5.74, 6) is 0.510. The zero-order chi connectivity index (χ0) is 21.4. The summed E-state index contributed by atoms with van der Waals surface area (Å²) in [7, 11) is 0. The van der Waals surface area contributed by atoms with Gasteiger partial charge < -0.3 is 8.98 Å². The highest BCUT2D eigenvalue weighted by Crippen LogP contribution is 2.19. The Hall–Kier alpha value is -3.84. The predicted octanol–water partition coefficient (Wildman–Crippen LogP) is 3.69. The minimum atomic E-state index is -0.483. The van der Waals surface area contributed by atoms with Gasteiger partial charge in [0.1, 0.15) is 5.76 Å². The number of benzene rings is 2. The summed E-state index contributed by atoms with van der Waals surface area (Å²) in [6.07, 6.45) is 3.07. The van der Waals surface area contributed by atoms with E-state index in [1.165, 1.54) is 15.4 Å². The van der Waals surface area contributed by atoms with Crippen LogP contribution in [0.2, 0.25) is 5.02 Å². The van der Waals surface area contributed by atoms with E-state index in [4.69, 9.17) is 16.0 Å². The summed E-state index contributed by atoms with van der Waals surface area (Å²) in [6, 6.07) is 20.0. The van der Waals surface area contributed by atoms with Crippen LogP contribution in [0, 0.1) is 0 Å². The predicted molar refractivity (Wildman–Crippen MR) is 118 cm³/mol. The van der Waals surface area contributed by atoms with Gasteiger partial charge in [0.25, 0.3) is 5.56 Å². The Kier molecular flexibility index (Phi) is 4.80. The first-order valence-electron chi connectivity index (χ1n) is 9.65. The summed E-state index contributed by atoms with van der Waals surface area (Å²) in [5, 5.41) is 0.594. The van der Waals surface area contributed by atoms with E-state index < -0.39 is 11.2 Å². The third-order valence-electron chi connectivity index (χ3n) is 5.11. The van der Waals surface area contributed by atoms with Crippen molar-refractivity contribution in [1.82, 2.24) is 18.7 Å². The molecule has 0 fully saturated rings. The number of para-hydroxylation sites is 1. The molecular formula is C23H17ClN4O3. The molecule has 0 aliphatic carbocycles. The number of hydrogen-bond donors (Lipinski definition) is 0. The third kappa shape index (κ3) is 3.39. The first-order chi connectivity index (χ1) is 15.1. The van der Waals surface area contributed by atoms with Crippen LogP contribution >= 0.6 is 11.6 Å². The zero-order valence-corrected chi connectivity index (χ0v) is 17.1. The Labute approximate surface area is 181 Å². The normalized spacial score (nSPS) is 11.3. The summed E-state index contributed by atoms with van der Waals surface area (Å²) in [6.45, 7) is 0.365. The van der Waals surface area contributed by atoms with Gasteiger partial charge in [0.15, 0.2) is 11.2 Å². The van der Waals surface area contributed by atoms with Crippen LogP contribution < -0.4 is 11.2 Å². The van der Waals surface area contributed by atoms with Gasteiger partial charge in [0.05, 0.1) is 31.4 Å². The van der Waals surface area contributed by atoms with Crippen LogP contribution in [0.4, 0.5) is 0 Å². The quantitative estimate of drug-likeness (QED) is 0.424. The fraction of sp³-hybridized carbons (Fsp3) is 0.0870. The van der Waals surface area contributed by atoms with E-state index in [1.54, 1.807) is 41.2 Å². The van der Waals surface area contributed by atoms with Crippen LogP contribution in [-0.2, 0) is 13.1 Å². The number of aromatic nitrogens is 4. The lowest BCUT2D eigenvalue weighted by Gasteiger charge is -2.12. The average molecular weight is 433 g/mol. The minimum absolute atomic E-state index is 0.0186. The highest BCUT2D eigenvalue weighted by Gasteiger charge is 2.20. The molecule has 3 aromatic heterocycles. The van der Waals surface area contributed by atoms with Crippen molar-refractivity contribution in [3.05, 3.63) is 117 Å². The van der Waals surface area contributed by atoms with E-state index in [0.717, 1.165) is 5.56 Å². The molecule has 0 N–H and O–H groups in total. The number of rotatable bonds is 5. The Bertz CT molecular complexity index is 1480. The van der Waals surface area contributed by atoms with E-state index >= 15 is 0 Å². The van der Waals surface area contributed by atoms with E-state index in [1.807, 2.05) is 36.4 Å². The average Bonchev–Trinajstić information content (AvgIpc) is 3.44. The Morgan fingerprint density at radius 1 is 0.903 bits per heavy atom. The summed E-state index contributed by atoms with van der Waals surface area (Å²) in [5.41, 5.74) is 1.15. The van der Waals surface area contributed by atoms with Gasteiger partial charge in [-0.3, -0.25) is 9.36 Å². The van der Waals surface area contributed by atoms with Crippen molar-refractivity contribution >= 4 is 22.8 Å². The molecule has 0 aliphatic heterocycles. The fourth-order valence-corrected chi connectivity index (χ4v) is 3.81. The van der Waals surface area contributed by atoms with Crippen LogP contribution in [0.1, 0.15) is 11.3 Å². The monoisotopic (exact) mass is 432 g/mol. The van der Waals surface area contributed by atoms with Crippen molar-refractivity contribution in [3.8, 4) is 5.69 Å². The second-order valence-corrected chi connectivity index (χ2v) is 7.47. The molecule has 5 aromatic rings. The molecule has 0 saturated heterocycles. The zero-order valence-electron chi connectivity index (χ0n) is 16.3. The molecule has 0 unspecified atom stereocenters. The molecule has 0 spiro atoms. The number of furan rings is 1. The van der Waals surface area contributed by atoms with Crippen molar-refractivity contribution in [1.29, 1.82) is 0 Å². The van der Waals surface area contributed by atoms with Crippen LogP contribution in [0.25, 0.3) is 16.9 Å². The van der Waals surface area contributed by atoms with Gasteiger partial charge in [0, 0.05) is 5.02 Å². The lowest BCUT2D eigenvalue weighted by molar-refractivity contribution is 0.482. The molecule has 8 heteroatoms. The molecule has 5 rings (SSSR count). The van der Waals surface area contributed by atoms with E-state index in [9.17, 15) is 9.59 Å². The molecule has 0 amide bonds. The second-order valence-electron chi connectivity index (χ2n) is 7.06. The van der Waals surface area contributed by atoms with Crippen molar-refractivity contribution in [2.24, 2.45) is 0 Å². The number of halogens is 1. The minimum Gasteiger partial charge on any atom is -0.467 e. The van der Waals surface area contributed by atoms with Gasteiger partial charge in [0.2, 0.25) is 0 Å². The third-order valence-corrected chi connectivity index (χ3v) is 5.48. The number of imidazole rings is 1. The molecule has 31 heavy (non-hydrogen) atoms. The van der Waals surface area contributed by atoms with Crippen LogP contribution in [0.3, 0.4) is 0 Å². The SMILES string of the molecule is O=c1c2c(ncn2Cc2ccccc2Cl)n(-c2ccccc2)c(=O)n1Cc1ccco1. The maximum Gasteiger partial charge on any atom is 0.337 e. The Morgan fingerprint density at radius 2 is 1.68 bits per heavy atom. The van der Waals surface area contributed by atoms with Gasteiger partial charge in [-0.25, -0.2) is 14.3 Å². The van der Waals surface area contributed by atoms with Gasteiger partial charge in [-0.1, -0.05) is 48.0 Å². The van der Waals surface area contributed by atoms with Crippen molar-refractivity contribution in [2.75, 3.05) is 0 Å². The molecule has 0 bridgehead atoms. The smallest absolute Gasteiger partial charge is 0.337 e. The highest BCUT2D eigenvalue weighted by atomic mass is 35.5. The molecule has 0 atom stereocenters. The van der Waals surface area contributed by atoms with Crippen molar-refractivity contribution < 1.29 is 4.42 Å². The topological polar surface area (TPSA) is 75.0 Å². The first kappa shape index (κ1) is 19.1. The van der Waals surface area contributed by atoms with Gasteiger partial charge >= 0.3 is 5.69 Å². The Balaban J connectivity index is 1.78. The number of fused-ring (bicyclic) bond motifs is 1. The number of nitrogens with zero attached hydrogens (tertiary/aromatic N) is 4. The maximum absolute atomic E-state index is 13.4. The van der Waals surface area contributed by atoms with E-state index in [-0.39, 0.29) is 6.54 Å². The van der Waals surface area contributed by atoms with E-state index in [0.29, 0.717) is 34.2 Å². The molecule has 0 aliphatic rings. The largest absolute Gasteiger partial charge is 0.467 e.